The summed E-state index contributed by atoms with van der Waals surface area (Å²) in [6.07, 6.45) is 4.54. The van der Waals surface area contributed by atoms with E-state index in [0.717, 1.165) is 51.6 Å². The number of aromatic nitrogens is 3. The average molecular weight is 358 g/mol. The van der Waals surface area contributed by atoms with Gasteiger partial charge < -0.3 is 18.8 Å². The van der Waals surface area contributed by atoms with Gasteiger partial charge >= 0.3 is 0 Å². The van der Waals surface area contributed by atoms with Gasteiger partial charge in [0.2, 0.25) is 0 Å². The van der Waals surface area contributed by atoms with E-state index in [9.17, 15) is 0 Å². The molecule has 1 aromatic carbocycles. The Labute approximate surface area is 153 Å². The standard InChI is InChI=1S/C19H26N4O3/c1-24-18-4-2-16(3-5-18)9-22-6-7-25-13-19(12-22)8-17(11-26-19)10-23-14-20-21-15-23/h2-5,14-15,17H,6-13H2,1H3/t17-,19-/m1/s1. The van der Waals surface area contributed by atoms with E-state index >= 15 is 0 Å². The zero-order chi connectivity index (χ0) is 17.8. The Morgan fingerprint density at radius 1 is 1.23 bits per heavy atom. The summed E-state index contributed by atoms with van der Waals surface area (Å²) in [6.45, 7) is 5.80. The molecular formula is C19H26N4O3. The van der Waals surface area contributed by atoms with E-state index in [4.69, 9.17) is 14.2 Å². The molecule has 2 saturated heterocycles. The Bertz CT molecular complexity index is 691. The summed E-state index contributed by atoms with van der Waals surface area (Å²) in [7, 11) is 1.69. The summed E-state index contributed by atoms with van der Waals surface area (Å²) < 4.78 is 19.5. The molecule has 0 bridgehead atoms. The first kappa shape index (κ1) is 17.5. The maximum Gasteiger partial charge on any atom is 0.119 e. The van der Waals surface area contributed by atoms with Crippen LogP contribution in [0.2, 0.25) is 0 Å². The predicted octanol–water partition coefficient (Wildman–Crippen LogP) is 1.59. The number of methoxy groups -OCH3 is 1. The van der Waals surface area contributed by atoms with Crippen LogP contribution in [0.25, 0.3) is 0 Å². The summed E-state index contributed by atoms with van der Waals surface area (Å²) >= 11 is 0. The highest BCUT2D eigenvalue weighted by molar-refractivity contribution is 5.27. The van der Waals surface area contributed by atoms with Gasteiger partial charge in [-0.25, -0.2) is 0 Å². The van der Waals surface area contributed by atoms with Crippen molar-refractivity contribution < 1.29 is 14.2 Å². The van der Waals surface area contributed by atoms with Gasteiger partial charge in [-0.15, -0.1) is 10.2 Å². The van der Waals surface area contributed by atoms with Crippen LogP contribution < -0.4 is 4.74 Å². The molecule has 1 aromatic heterocycles. The lowest BCUT2D eigenvalue weighted by Gasteiger charge is -2.31. The van der Waals surface area contributed by atoms with Gasteiger partial charge in [-0.2, -0.15) is 0 Å². The number of hydrogen-bond donors (Lipinski definition) is 0. The molecule has 0 radical (unpaired) electrons. The Balaban J connectivity index is 1.39. The number of nitrogens with zero attached hydrogens (tertiary/aromatic N) is 4. The largest absolute Gasteiger partial charge is 0.497 e. The lowest BCUT2D eigenvalue weighted by atomic mass is 9.94. The molecule has 2 atom stereocenters. The normalized spacial score (nSPS) is 26.9. The zero-order valence-electron chi connectivity index (χ0n) is 15.2. The Morgan fingerprint density at radius 2 is 2.04 bits per heavy atom. The Morgan fingerprint density at radius 3 is 2.81 bits per heavy atom. The van der Waals surface area contributed by atoms with E-state index in [1.807, 2.05) is 16.7 Å². The van der Waals surface area contributed by atoms with Crippen LogP contribution in [0.15, 0.2) is 36.9 Å². The number of ether oxygens (including phenoxy) is 3. The lowest BCUT2D eigenvalue weighted by molar-refractivity contribution is -0.0563. The highest BCUT2D eigenvalue weighted by Crippen LogP contribution is 2.34. The van der Waals surface area contributed by atoms with Crippen LogP contribution in [-0.4, -0.2) is 65.3 Å². The minimum Gasteiger partial charge on any atom is -0.497 e. The summed E-state index contributed by atoms with van der Waals surface area (Å²) in [5.74, 6) is 1.36. The van der Waals surface area contributed by atoms with Crippen LogP contribution in [0.3, 0.4) is 0 Å². The molecule has 26 heavy (non-hydrogen) atoms. The van der Waals surface area contributed by atoms with Crippen molar-refractivity contribution in [3.05, 3.63) is 42.5 Å². The fourth-order valence-electron chi connectivity index (χ4n) is 3.99. The monoisotopic (exact) mass is 358 g/mol. The van der Waals surface area contributed by atoms with Crippen LogP contribution in [-0.2, 0) is 22.6 Å². The van der Waals surface area contributed by atoms with Crippen molar-refractivity contribution in [1.82, 2.24) is 19.7 Å². The minimum absolute atomic E-state index is 0.207. The Hall–Kier alpha value is -1.96. The molecule has 2 aliphatic rings. The van der Waals surface area contributed by atoms with Gasteiger partial charge in [0.15, 0.2) is 0 Å². The average Bonchev–Trinajstić information content (AvgIpc) is 3.25. The molecule has 3 heterocycles. The molecule has 2 fully saturated rings. The molecule has 1 spiro atoms. The molecule has 0 N–H and O–H groups in total. The van der Waals surface area contributed by atoms with Crippen molar-refractivity contribution in [1.29, 1.82) is 0 Å². The van der Waals surface area contributed by atoms with Gasteiger partial charge in [-0.05, 0) is 24.1 Å². The third-order valence-electron chi connectivity index (χ3n) is 5.22. The molecule has 2 aliphatic heterocycles. The molecule has 4 rings (SSSR count). The quantitative estimate of drug-likeness (QED) is 0.809. The van der Waals surface area contributed by atoms with E-state index in [2.05, 4.69) is 27.2 Å². The van der Waals surface area contributed by atoms with Crippen molar-refractivity contribution in [2.24, 2.45) is 5.92 Å². The molecule has 7 nitrogen and oxygen atoms in total. The first-order valence-corrected chi connectivity index (χ1v) is 9.14. The maximum absolute atomic E-state index is 6.29. The lowest BCUT2D eigenvalue weighted by Crippen LogP contribution is -2.43. The van der Waals surface area contributed by atoms with E-state index in [1.54, 1.807) is 19.8 Å². The molecule has 2 aromatic rings. The number of hydrogen-bond acceptors (Lipinski definition) is 6. The van der Waals surface area contributed by atoms with Crippen LogP contribution >= 0.6 is 0 Å². The van der Waals surface area contributed by atoms with Gasteiger partial charge in [0.05, 0.1) is 26.9 Å². The molecule has 140 valence electrons. The second-order valence-corrected chi connectivity index (χ2v) is 7.33. The van der Waals surface area contributed by atoms with Gasteiger partial charge in [0.1, 0.15) is 24.0 Å². The van der Waals surface area contributed by atoms with Gasteiger partial charge in [0.25, 0.3) is 0 Å². The Kier molecular flexibility index (Phi) is 5.19. The van der Waals surface area contributed by atoms with Gasteiger partial charge in [-0.3, -0.25) is 4.90 Å². The maximum atomic E-state index is 6.29. The van der Waals surface area contributed by atoms with Gasteiger partial charge in [-0.1, -0.05) is 12.1 Å². The molecule has 0 aliphatic carbocycles. The van der Waals surface area contributed by atoms with Crippen molar-refractivity contribution >= 4 is 0 Å². The topological polar surface area (TPSA) is 61.6 Å². The summed E-state index contributed by atoms with van der Waals surface area (Å²) in [5.41, 5.74) is 1.07. The second-order valence-electron chi connectivity index (χ2n) is 7.33. The van der Waals surface area contributed by atoms with Crippen molar-refractivity contribution in [2.75, 3.05) is 40.0 Å². The second kappa shape index (κ2) is 7.73. The predicted molar refractivity (Wildman–Crippen MR) is 95.9 cm³/mol. The fraction of sp³-hybridized carbons (Fsp3) is 0.579. The van der Waals surface area contributed by atoms with Crippen LogP contribution in [0.4, 0.5) is 0 Å². The number of benzene rings is 1. The van der Waals surface area contributed by atoms with E-state index in [0.29, 0.717) is 12.5 Å². The van der Waals surface area contributed by atoms with Crippen LogP contribution in [0, 0.1) is 5.92 Å². The summed E-state index contributed by atoms with van der Waals surface area (Å²) in [6, 6.07) is 8.28. The SMILES string of the molecule is COc1ccc(CN2CCOC[C@@]3(C[C@H](Cn4cnnc4)CO3)C2)cc1. The van der Waals surface area contributed by atoms with Crippen molar-refractivity contribution in [3.63, 3.8) is 0 Å². The highest BCUT2D eigenvalue weighted by atomic mass is 16.5. The summed E-state index contributed by atoms with van der Waals surface area (Å²) in [5, 5.41) is 7.77. The third-order valence-corrected chi connectivity index (χ3v) is 5.22. The minimum atomic E-state index is -0.207. The van der Waals surface area contributed by atoms with E-state index in [-0.39, 0.29) is 5.60 Å². The van der Waals surface area contributed by atoms with Crippen molar-refractivity contribution in [3.8, 4) is 5.75 Å². The first-order chi connectivity index (χ1) is 12.7. The molecular weight excluding hydrogens is 332 g/mol. The van der Waals surface area contributed by atoms with Crippen LogP contribution in [0.1, 0.15) is 12.0 Å². The smallest absolute Gasteiger partial charge is 0.119 e. The zero-order valence-corrected chi connectivity index (χ0v) is 15.2. The van der Waals surface area contributed by atoms with Crippen molar-refractivity contribution in [2.45, 2.75) is 25.1 Å². The fourth-order valence-corrected chi connectivity index (χ4v) is 3.99. The molecule has 7 heteroatoms. The third kappa shape index (κ3) is 4.06. The number of rotatable bonds is 5. The van der Waals surface area contributed by atoms with E-state index in [1.165, 1.54) is 5.56 Å². The van der Waals surface area contributed by atoms with E-state index < -0.39 is 0 Å². The molecule has 0 unspecified atom stereocenters. The molecule has 0 amide bonds. The summed E-state index contributed by atoms with van der Waals surface area (Å²) in [4.78, 5) is 2.44. The van der Waals surface area contributed by atoms with Crippen LogP contribution in [0.5, 0.6) is 5.75 Å². The highest BCUT2D eigenvalue weighted by Gasteiger charge is 2.43. The first-order valence-electron chi connectivity index (χ1n) is 9.14. The van der Waals surface area contributed by atoms with Gasteiger partial charge in [0, 0.05) is 32.1 Å². The molecule has 0 saturated carbocycles.